The Bertz CT molecular complexity index is 919. The zero-order valence-electron chi connectivity index (χ0n) is 13.0. The van der Waals surface area contributed by atoms with Crippen molar-refractivity contribution < 1.29 is 19.3 Å². The highest BCUT2D eigenvalue weighted by molar-refractivity contribution is 6.27. The maximum atomic E-state index is 12.5. The van der Waals surface area contributed by atoms with E-state index in [0.717, 1.165) is 0 Å². The number of anilines is 1. The van der Waals surface area contributed by atoms with Gasteiger partial charge in [-0.3, -0.25) is 14.3 Å². The lowest BCUT2D eigenvalue weighted by Gasteiger charge is -2.25. The lowest BCUT2D eigenvalue weighted by Crippen LogP contribution is -2.43. The second kappa shape index (κ2) is 6.27. The van der Waals surface area contributed by atoms with Crippen molar-refractivity contribution in [1.29, 1.82) is 0 Å². The number of nitrogens with zero attached hydrogens (tertiary/aromatic N) is 3. The molecule has 1 saturated heterocycles. The number of ether oxygens (including phenoxy) is 1. The third-order valence-corrected chi connectivity index (χ3v) is 4.42. The molecule has 1 fully saturated rings. The molecule has 0 bridgehead atoms. The molecule has 3 heterocycles. The van der Waals surface area contributed by atoms with Crippen molar-refractivity contribution in [3.05, 3.63) is 16.7 Å². The number of alkyl halides is 2. The number of hydrogen-bond donors (Lipinski definition) is 4. The molecule has 0 aromatic carbocycles. The van der Waals surface area contributed by atoms with Gasteiger partial charge in [-0.05, 0) is 6.92 Å². The average Bonchev–Trinajstić information content (AvgIpc) is 3.06. The predicted octanol–water partition coefficient (Wildman–Crippen LogP) is -0.709. The first-order valence-electron chi connectivity index (χ1n) is 7.28. The minimum atomic E-state index is -1.79. The average molecular weight is 372 g/mol. The predicted molar refractivity (Wildman–Crippen MR) is 86.5 cm³/mol. The van der Waals surface area contributed by atoms with Crippen molar-refractivity contribution in [2.75, 3.05) is 12.4 Å². The molecule has 2 aromatic rings. The molecule has 134 valence electrons. The van der Waals surface area contributed by atoms with Gasteiger partial charge >= 0.3 is 0 Å². The number of imidazole rings is 1. The van der Waals surface area contributed by atoms with Gasteiger partial charge < -0.3 is 20.7 Å². The fourth-order valence-electron chi connectivity index (χ4n) is 2.77. The summed E-state index contributed by atoms with van der Waals surface area (Å²) in [5, 5.41) is 20.3. The largest absolute Gasteiger partial charge is 0.391 e. The quantitative estimate of drug-likeness (QED) is 0.404. The Morgan fingerprint density at radius 3 is 3.04 bits per heavy atom. The number of aliphatic hydroxyl groups excluding tert-OH is 2. The van der Waals surface area contributed by atoms with Crippen LogP contribution in [0.25, 0.3) is 11.2 Å². The van der Waals surface area contributed by atoms with Gasteiger partial charge in [0.25, 0.3) is 5.56 Å². The second-order valence-corrected chi connectivity index (χ2v) is 6.24. The highest BCUT2D eigenvalue weighted by Gasteiger charge is 2.57. The van der Waals surface area contributed by atoms with Crippen LogP contribution in [0, 0.1) is 11.8 Å². The molecule has 3 rings (SSSR count). The maximum absolute atomic E-state index is 12.5. The first-order valence-corrected chi connectivity index (χ1v) is 7.66. The van der Waals surface area contributed by atoms with Gasteiger partial charge in [-0.15, -0.1) is 0 Å². The first kappa shape index (κ1) is 17.6. The van der Waals surface area contributed by atoms with E-state index in [1.54, 1.807) is 0 Å². The fourth-order valence-corrected chi connectivity index (χ4v) is 3.12. The Morgan fingerprint density at radius 2 is 2.40 bits per heavy atom. The number of aromatic nitrogens is 4. The molecule has 0 radical (unpaired) electrons. The minimum Gasteiger partial charge on any atom is -0.391 e. The molecule has 1 aliphatic rings. The van der Waals surface area contributed by atoms with E-state index < -0.39 is 41.6 Å². The number of halogens is 2. The topological polar surface area (TPSA) is 139 Å². The maximum Gasteiger partial charge on any atom is 0.280 e. The summed E-state index contributed by atoms with van der Waals surface area (Å²) in [5.74, 6) is 4.45. The summed E-state index contributed by atoms with van der Waals surface area (Å²) in [6, 6.07) is 0. The Kier molecular flexibility index (Phi) is 4.42. The minimum absolute atomic E-state index is 0.0229. The number of nitrogen functional groups attached to an aromatic ring is 1. The number of rotatable bonds is 2. The van der Waals surface area contributed by atoms with Gasteiger partial charge in [0.2, 0.25) is 5.95 Å². The van der Waals surface area contributed by atoms with Gasteiger partial charge in [-0.25, -0.2) is 9.37 Å². The summed E-state index contributed by atoms with van der Waals surface area (Å²) in [4.78, 5) is 20.4. The monoisotopic (exact) mass is 371 g/mol. The van der Waals surface area contributed by atoms with E-state index in [0.29, 0.717) is 0 Å². The van der Waals surface area contributed by atoms with Gasteiger partial charge in [-0.2, -0.15) is 4.98 Å². The molecule has 5 N–H and O–H groups in total. The van der Waals surface area contributed by atoms with Crippen LogP contribution in [-0.4, -0.2) is 59.6 Å². The molecule has 11 heteroatoms. The smallest absolute Gasteiger partial charge is 0.280 e. The van der Waals surface area contributed by atoms with Crippen LogP contribution < -0.4 is 11.3 Å². The third kappa shape index (κ3) is 2.75. The summed E-state index contributed by atoms with van der Waals surface area (Å²) >= 11 is 6.46. The molecule has 0 saturated carbocycles. The van der Waals surface area contributed by atoms with Crippen LogP contribution in [0.5, 0.6) is 0 Å². The Morgan fingerprint density at radius 1 is 1.68 bits per heavy atom. The molecule has 1 aliphatic heterocycles. The summed E-state index contributed by atoms with van der Waals surface area (Å²) in [7, 11) is 0. The van der Waals surface area contributed by atoms with Gasteiger partial charge in [0.05, 0.1) is 12.4 Å². The van der Waals surface area contributed by atoms with Crippen LogP contribution >= 0.6 is 11.6 Å². The zero-order chi connectivity index (χ0) is 18.4. The fraction of sp³-hybridized carbons (Fsp3) is 0.500. The second-order valence-electron chi connectivity index (χ2n) is 5.62. The van der Waals surface area contributed by atoms with Gasteiger partial charge in [0, 0.05) is 0 Å². The SMILES string of the molecule is CC(O)C1OC(n2cnc3c(=O)[nH]c(N)nc32)C(Cl)(C#CCF)[C@H]1O. The Labute approximate surface area is 145 Å². The molecule has 0 aliphatic carbocycles. The lowest BCUT2D eigenvalue weighted by molar-refractivity contribution is -0.0752. The van der Waals surface area contributed by atoms with E-state index in [2.05, 4.69) is 26.8 Å². The number of H-pyrrole nitrogens is 1. The number of aromatic amines is 1. The van der Waals surface area contributed by atoms with Gasteiger partial charge in [0.15, 0.2) is 22.3 Å². The van der Waals surface area contributed by atoms with E-state index in [9.17, 15) is 19.4 Å². The lowest BCUT2D eigenvalue weighted by atomic mass is 9.96. The van der Waals surface area contributed by atoms with Crippen molar-refractivity contribution in [2.45, 2.75) is 36.3 Å². The molecule has 2 aromatic heterocycles. The molecule has 5 atom stereocenters. The number of hydrogen-bond acceptors (Lipinski definition) is 7. The molecular weight excluding hydrogens is 357 g/mol. The molecule has 9 nitrogen and oxygen atoms in total. The van der Waals surface area contributed by atoms with E-state index in [4.69, 9.17) is 22.1 Å². The van der Waals surface area contributed by atoms with Crippen LogP contribution in [0.4, 0.5) is 10.3 Å². The summed E-state index contributed by atoms with van der Waals surface area (Å²) in [5.41, 5.74) is 5.02. The highest BCUT2D eigenvalue weighted by atomic mass is 35.5. The normalized spacial score (nSPS) is 30.2. The van der Waals surface area contributed by atoms with E-state index in [1.807, 2.05) is 0 Å². The highest BCUT2D eigenvalue weighted by Crippen LogP contribution is 2.44. The van der Waals surface area contributed by atoms with Crippen LogP contribution in [-0.2, 0) is 4.74 Å². The van der Waals surface area contributed by atoms with E-state index in [-0.39, 0.29) is 17.1 Å². The molecule has 4 unspecified atom stereocenters. The van der Waals surface area contributed by atoms with E-state index >= 15 is 0 Å². The first-order chi connectivity index (χ1) is 11.8. The van der Waals surface area contributed by atoms with Gasteiger partial charge in [-0.1, -0.05) is 23.4 Å². The molecule has 25 heavy (non-hydrogen) atoms. The van der Waals surface area contributed by atoms with Crippen molar-refractivity contribution >= 4 is 28.7 Å². The summed E-state index contributed by atoms with van der Waals surface area (Å²) < 4.78 is 19.5. The van der Waals surface area contributed by atoms with Crippen molar-refractivity contribution in [3.8, 4) is 11.8 Å². The standard InChI is InChI=1S/C14H15ClFN5O4/c1-6(22)8-9(23)14(15,3-2-4-16)12(25-8)21-5-18-7-10(21)19-13(17)20-11(7)24/h5-6,8-9,12,22-23H,4H2,1H3,(H3,17,19,20,24)/t6?,8?,9-,12?,14?/m0/s1. The van der Waals surface area contributed by atoms with Crippen LogP contribution in [0.1, 0.15) is 13.2 Å². The third-order valence-electron chi connectivity index (χ3n) is 3.91. The molecular formula is C14H15ClFN5O4. The zero-order valence-corrected chi connectivity index (χ0v) is 13.7. The van der Waals surface area contributed by atoms with Crippen LogP contribution in [0.3, 0.4) is 0 Å². The Hall–Kier alpha value is -2.19. The van der Waals surface area contributed by atoms with Gasteiger partial charge in [0.1, 0.15) is 18.9 Å². The number of fused-ring (bicyclic) bond motifs is 1. The molecule has 0 amide bonds. The summed E-state index contributed by atoms with van der Waals surface area (Å²) in [6.07, 6.45) is -3.58. The van der Waals surface area contributed by atoms with Crippen molar-refractivity contribution in [1.82, 2.24) is 19.5 Å². The number of aliphatic hydroxyl groups is 2. The molecule has 0 spiro atoms. The number of nitrogens with two attached hydrogens (primary N) is 1. The van der Waals surface area contributed by atoms with Crippen molar-refractivity contribution in [3.63, 3.8) is 0 Å². The van der Waals surface area contributed by atoms with Crippen molar-refractivity contribution in [2.24, 2.45) is 0 Å². The van der Waals surface area contributed by atoms with Crippen LogP contribution in [0.15, 0.2) is 11.1 Å². The summed E-state index contributed by atoms with van der Waals surface area (Å²) in [6.45, 7) is 0.423. The van der Waals surface area contributed by atoms with Crippen LogP contribution in [0.2, 0.25) is 0 Å². The Balaban J connectivity index is 2.18. The number of nitrogens with one attached hydrogen (secondary N) is 1. The van der Waals surface area contributed by atoms with E-state index in [1.165, 1.54) is 17.8 Å².